The molecule has 0 heterocycles. The van der Waals surface area contributed by atoms with Crippen molar-refractivity contribution < 1.29 is 5.21 Å². The molecule has 248 valence electrons. The van der Waals surface area contributed by atoms with Gasteiger partial charge in [0.1, 0.15) is 0 Å². The Balaban J connectivity index is 3.47. The van der Waals surface area contributed by atoms with Crippen molar-refractivity contribution in [1.29, 1.82) is 0 Å². The molecule has 41 heavy (non-hydrogen) atoms. The van der Waals surface area contributed by atoms with Gasteiger partial charge in [-0.05, 0) is 12.8 Å². The summed E-state index contributed by atoms with van der Waals surface area (Å²) in [6.45, 7) is 7.46. The lowest BCUT2D eigenvalue weighted by molar-refractivity contribution is -0.127. The summed E-state index contributed by atoms with van der Waals surface area (Å²) in [5, 5.41) is 12.0. The summed E-state index contributed by atoms with van der Waals surface area (Å²) in [5.74, 6) is 0. The summed E-state index contributed by atoms with van der Waals surface area (Å²) in [7, 11) is 0. The van der Waals surface area contributed by atoms with Crippen LogP contribution in [-0.2, 0) is 0 Å². The zero-order chi connectivity index (χ0) is 29.9. The number of unbranched alkanes of at least 4 members (excludes halogenated alkanes) is 30. The zero-order valence-electron chi connectivity index (χ0n) is 29.2. The molecule has 0 aromatic carbocycles. The van der Waals surface area contributed by atoms with E-state index >= 15 is 0 Å². The smallest absolute Gasteiger partial charge is 0.0350 e. The van der Waals surface area contributed by atoms with Crippen molar-refractivity contribution in [3.05, 3.63) is 0 Å². The average Bonchev–Trinajstić information content (AvgIpc) is 2.99. The molecule has 0 aliphatic rings. The van der Waals surface area contributed by atoms with E-state index in [2.05, 4.69) is 20.8 Å². The Hall–Kier alpha value is -0.0800. The highest BCUT2D eigenvalue weighted by molar-refractivity contribution is 4.66. The first-order chi connectivity index (χ1) is 20.3. The second-order valence-electron chi connectivity index (χ2n) is 13.6. The van der Waals surface area contributed by atoms with Crippen LogP contribution < -0.4 is 0 Å². The molecule has 0 rings (SSSR count). The maximum atomic E-state index is 10.4. The minimum atomic E-state index is 0.387. The first-order valence-electron chi connectivity index (χ1n) is 19.7. The lowest BCUT2D eigenvalue weighted by atomic mass is 9.99. The van der Waals surface area contributed by atoms with E-state index in [1.165, 1.54) is 218 Å². The Bertz CT molecular complexity index is 417. The molecular weight excluding hydrogens is 498 g/mol. The molecule has 0 unspecified atom stereocenters. The highest BCUT2D eigenvalue weighted by atomic mass is 16.5. The molecule has 1 N–H and O–H groups in total. The normalized spacial score (nSPS) is 11.9. The summed E-state index contributed by atoms with van der Waals surface area (Å²) < 4.78 is 0. The quantitative estimate of drug-likeness (QED) is 0.0589. The Morgan fingerprint density at radius 1 is 0.317 bits per heavy atom. The van der Waals surface area contributed by atoms with E-state index in [1.807, 2.05) is 0 Å². The van der Waals surface area contributed by atoms with Gasteiger partial charge >= 0.3 is 0 Å². The largest absolute Gasteiger partial charge is 0.314 e. The number of rotatable bonds is 36. The second-order valence-corrected chi connectivity index (χ2v) is 13.6. The van der Waals surface area contributed by atoms with Crippen molar-refractivity contribution in [3.8, 4) is 0 Å². The summed E-state index contributed by atoms with van der Waals surface area (Å²) in [4.78, 5) is 0. The van der Waals surface area contributed by atoms with Crippen LogP contribution in [0.2, 0.25) is 0 Å². The number of nitrogens with zero attached hydrogens (tertiary/aromatic N) is 1. The zero-order valence-corrected chi connectivity index (χ0v) is 29.2. The molecule has 0 saturated heterocycles. The second kappa shape index (κ2) is 36.1. The van der Waals surface area contributed by atoms with Crippen LogP contribution in [-0.4, -0.2) is 22.9 Å². The van der Waals surface area contributed by atoms with Crippen molar-refractivity contribution in [2.75, 3.05) is 6.54 Å². The lowest BCUT2D eigenvalue weighted by Gasteiger charge is -2.25. The van der Waals surface area contributed by atoms with Gasteiger partial charge in [0.05, 0.1) is 0 Å². The van der Waals surface area contributed by atoms with Gasteiger partial charge in [-0.25, -0.2) is 0 Å². The molecule has 2 nitrogen and oxygen atoms in total. The summed E-state index contributed by atoms with van der Waals surface area (Å²) in [6.07, 6.45) is 47.9. The van der Waals surface area contributed by atoms with E-state index in [-0.39, 0.29) is 0 Å². The standard InChI is InChI=1S/C39H81NO/c1-4-7-9-11-13-15-17-19-21-23-25-27-29-31-33-35-37-39(40(41)6-3)38-36-34-32-30-28-26-24-22-20-18-16-14-12-10-8-5-2/h39,41H,4-38H2,1-3H3. The van der Waals surface area contributed by atoms with Crippen LogP contribution in [0.1, 0.15) is 239 Å². The van der Waals surface area contributed by atoms with Gasteiger partial charge in [0.25, 0.3) is 0 Å². The van der Waals surface area contributed by atoms with Crippen molar-refractivity contribution >= 4 is 0 Å². The predicted molar refractivity (Wildman–Crippen MR) is 186 cm³/mol. The average molecular weight is 580 g/mol. The van der Waals surface area contributed by atoms with Crippen LogP contribution >= 0.6 is 0 Å². The Labute approximate surface area is 261 Å². The molecular formula is C39H81NO. The summed E-state index contributed by atoms with van der Waals surface area (Å²) >= 11 is 0. The van der Waals surface area contributed by atoms with E-state index in [0.29, 0.717) is 6.04 Å². The van der Waals surface area contributed by atoms with Gasteiger partial charge in [-0.15, -0.1) is 0 Å². The predicted octanol–water partition coefficient (Wildman–Crippen LogP) is 14.4. The first-order valence-corrected chi connectivity index (χ1v) is 19.7. The Morgan fingerprint density at radius 3 is 0.707 bits per heavy atom. The van der Waals surface area contributed by atoms with E-state index < -0.39 is 0 Å². The summed E-state index contributed by atoms with van der Waals surface area (Å²) in [6, 6.07) is 0.387. The Kier molecular flexibility index (Phi) is 36.0. The maximum Gasteiger partial charge on any atom is 0.0350 e. The van der Waals surface area contributed by atoms with Crippen LogP contribution in [0, 0.1) is 0 Å². The molecule has 0 radical (unpaired) electrons. The minimum absolute atomic E-state index is 0.387. The van der Waals surface area contributed by atoms with Crippen molar-refractivity contribution in [3.63, 3.8) is 0 Å². The molecule has 0 amide bonds. The van der Waals surface area contributed by atoms with E-state index in [1.54, 1.807) is 5.06 Å². The van der Waals surface area contributed by atoms with Crippen LogP contribution in [0.5, 0.6) is 0 Å². The van der Waals surface area contributed by atoms with E-state index in [4.69, 9.17) is 0 Å². The van der Waals surface area contributed by atoms with Crippen LogP contribution in [0.15, 0.2) is 0 Å². The third kappa shape index (κ3) is 32.7. The fourth-order valence-electron chi connectivity index (χ4n) is 6.56. The fraction of sp³-hybridized carbons (Fsp3) is 1.00. The summed E-state index contributed by atoms with van der Waals surface area (Å²) in [5.41, 5.74) is 0. The SMILES string of the molecule is CCCCCCCCCCCCCCCCCCC(CCCCCCCCCCCCCCCCCC)N(O)CC. The molecule has 2 heteroatoms. The molecule has 0 aliphatic heterocycles. The van der Waals surface area contributed by atoms with E-state index in [0.717, 1.165) is 6.54 Å². The van der Waals surface area contributed by atoms with Gasteiger partial charge in [0.2, 0.25) is 0 Å². The molecule has 0 aliphatic carbocycles. The fourth-order valence-corrected chi connectivity index (χ4v) is 6.56. The van der Waals surface area contributed by atoms with Crippen LogP contribution in [0.25, 0.3) is 0 Å². The lowest BCUT2D eigenvalue weighted by Crippen LogP contribution is -2.32. The number of hydrogen-bond donors (Lipinski definition) is 1. The number of hydroxylamine groups is 2. The molecule has 0 bridgehead atoms. The minimum Gasteiger partial charge on any atom is -0.314 e. The highest BCUT2D eigenvalue weighted by Gasteiger charge is 2.14. The van der Waals surface area contributed by atoms with Gasteiger partial charge in [0.15, 0.2) is 0 Å². The number of hydrogen-bond acceptors (Lipinski definition) is 2. The monoisotopic (exact) mass is 580 g/mol. The molecule has 0 aromatic rings. The van der Waals surface area contributed by atoms with Crippen LogP contribution in [0.3, 0.4) is 0 Å². The third-order valence-electron chi connectivity index (χ3n) is 9.53. The molecule has 0 aromatic heterocycles. The topological polar surface area (TPSA) is 23.5 Å². The van der Waals surface area contributed by atoms with Crippen molar-refractivity contribution in [2.45, 2.75) is 245 Å². The van der Waals surface area contributed by atoms with Crippen molar-refractivity contribution in [2.24, 2.45) is 0 Å². The van der Waals surface area contributed by atoms with E-state index in [9.17, 15) is 5.21 Å². The molecule has 0 saturated carbocycles. The van der Waals surface area contributed by atoms with Gasteiger partial charge < -0.3 is 5.21 Å². The van der Waals surface area contributed by atoms with Gasteiger partial charge in [-0.3, -0.25) is 0 Å². The molecule has 0 spiro atoms. The maximum absolute atomic E-state index is 10.4. The van der Waals surface area contributed by atoms with Gasteiger partial charge in [-0.2, -0.15) is 5.06 Å². The first kappa shape index (κ1) is 40.9. The van der Waals surface area contributed by atoms with Crippen LogP contribution in [0.4, 0.5) is 0 Å². The van der Waals surface area contributed by atoms with Crippen molar-refractivity contribution in [1.82, 2.24) is 5.06 Å². The van der Waals surface area contributed by atoms with Gasteiger partial charge in [-0.1, -0.05) is 226 Å². The highest BCUT2D eigenvalue weighted by Crippen LogP contribution is 2.19. The Morgan fingerprint density at radius 2 is 0.512 bits per heavy atom. The third-order valence-corrected chi connectivity index (χ3v) is 9.53. The molecule has 0 atom stereocenters. The van der Waals surface area contributed by atoms with Gasteiger partial charge in [0, 0.05) is 12.6 Å². The molecule has 0 fully saturated rings.